The van der Waals surface area contributed by atoms with Crippen molar-refractivity contribution >= 4 is 44.8 Å². The van der Waals surface area contributed by atoms with Crippen molar-refractivity contribution in [3.63, 3.8) is 0 Å². The van der Waals surface area contributed by atoms with E-state index >= 15 is 0 Å². The van der Waals surface area contributed by atoms with Gasteiger partial charge in [0.2, 0.25) is 0 Å². The molecule has 2 N–H and O–H groups in total. The second-order valence-electron chi connectivity index (χ2n) is 4.25. The van der Waals surface area contributed by atoms with Crippen LogP contribution >= 0.6 is 39.1 Å². The van der Waals surface area contributed by atoms with E-state index in [0.717, 1.165) is 36.1 Å². The molecular formula is C12H15BrCl2N2. The van der Waals surface area contributed by atoms with Crippen molar-refractivity contribution in [3.05, 3.63) is 26.7 Å². The van der Waals surface area contributed by atoms with Gasteiger partial charge in [-0.2, -0.15) is 0 Å². The van der Waals surface area contributed by atoms with Gasteiger partial charge in [0.1, 0.15) is 0 Å². The van der Waals surface area contributed by atoms with Gasteiger partial charge in [-0.05, 0) is 60.4 Å². The lowest BCUT2D eigenvalue weighted by Gasteiger charge is -2.19. The average molecular weight is 338 g/mol. The van der Waals surface area contributed by atoms with Crippen LogP contribution in [-0.4, -0.2) is 19.1 Å². The van der Waals surface area contributed by atoms with Crippen LogP contribution in [0.3, 0.4) is 0 Å². The zero-order chi connectivity index (χ0) is 12.3. The molecule has 1 aromatic rings. The van der Waals surface area contributed by atoms with Crippen LogP contribution < -0.4 is 10.6 Å². The molecule has 2 nitrogen and oxygen atoms in total. The van der Waals surface area contributed by atoms with Crippen LogP contribution in [0.25, 0.3) is 0 Å². The van der Waals surface area contributed by atoms with Crippen LogP contribution in [0.1, 0.15) is 19.3 Å². The van der Waals surface area contributed by atoms with Crippen molar-refractivity contribution in [2.24, 2.45) is 0 Å². The highest BCUT2D eigenvalue weighted by Crippen LogP contribution is 2.36. The van der Waals surface area contributed by atoms with Gasteiger partial charge in [0.25, 0.3) is 0 Å². The van der Waals surface area contributed by atoms with E-state index in [9.17, 15) is 0 Å². The maximum atomic E-state index is 6.22. The Labute approximate surface area is 120 Å². The van der Waals surface area contributed by atoms with Crippen molar-refractivity contribution in [2.45, 2.75) is 25.3 Å². The van der Waals surface area contributed by atoms with E-state index in [-0.39, 0.29) is 0 Å². The summed E-state index contributed by atoms with van der Waals surface area (Å²) in [6.07, 6.45) is 3.47. The molecule has 94 valence electrons. The van der Waals surface area contributed by atoms with Crippen LogP contribution in [0.4, 0.5) is 5.69 Å². The van der Waals surface area contributed by atoms with Gasteiger partial charge in [0, 0.05) is 10.5 Å². The fourth-order valence-electron chi connectivity index (χ4n) is 2.02. The van der Waals surface area contributed by atoms with E-state index in [1.54, 1.807) is 0 Å². The number of rotatable bonds is 2. The Morgan fingerprint density at radius 3 is 2.82 bits per heavy atom. The molecule has 0 spiro atoms. The lowest BCUT2D eigenvalue weighted by molar-refractivity contribution is 0.637. The number of hydrogen-bond acceptors (Lipinski definition) is 2. The summed E-state index contributed by atoms with van der Waals surface area (Å²) in [6.45, 7) is 2.16. The minimum atomic E-state index is 0.472. The van der Waals surface area contributed by atoms with Gasteiger partial charge < -0.3 is 10.6 Å². The Balaban J connectivity index is 2.09. The molecule has 1 saturated heterocycles. The van der Waals surface area contributed by atoms with Crippen LogP contribution in [0.15, 0.2) is 16.6 Å². The monoisotopic (exact) mass is 336 g/mol. The molecule has 1 atom stereocenters. The van der Waals surface area contributed by atoms with Gasteiger partial charge >= 0.3 is 0 Å². The molecule has 0 aliphatic carbocycles. The smallest absolute Gasteiger partial charge is 0.0835 e. The predicted molar refractivity (Wildman–Crippen MR) is 78.3 cm³/mol. The Bertz CT molecular complexity index is 390. The van der Waals surface area contributed by atoms with E-state index in [1.807, 2.05) is 12.1 Å². The maximum absolute atomic E-state index is 6.22. The van der Waals surface area contributed by atoms with Crippen molar-refractivity contribution in [2.75, 3.05) is 18.4 Å². The summed E-state index contributed by atoms with van der Waals surface area (Å²) in [6, 6.07) is 4.36. The first-order valence-corrected chi connectivity index (χ1v) is 7.34. The van der Waals surface area contributed by atoms with E-state index in [2.05, 4.69) is 26.6 Å². The zero-order valence-electron chi connectivity index (χ0n) is 9.40. The Morgan fingerprint density at radius 2 is 2.00 bits per heavy atom. The van der Waals surface area contributed by atoms with Crippen molar-refractivity contribution < 1.29 is 0 Å². The van der Waals surface area contributed by atoms with Crippen LogP contribution in [0.2, 0.25) is 10.0 Å². The first kappa shape index (κ1) is 13.5. The quantitative estimate of drug-likeness (QED) is 0.786. The Morgan fingerprint density at radius 1 is 1.18 bits per heavy atom. The molecule has 0 bridgehead atoms. The van der Waals surface area contributed by atoms with Gasteiger partial charge in [-0.25, -0.2) is 0 Å². The summed E-state index contributed by atoms with van der Waals surface area (Å²) >= 11 is 15.7. The average Bonchev–Trinajstić information content (AvgIpc) is 2.59. The first-order chi connectivity index (χ1) is 8.18. The molecule has 2 rings (SSSR count). The molecule has 1 unspecified atom stereocenters. The fourth-order valence-corrected chi connectivity index (χ4v) is 2.85. The summed E-state index contributed by atoms with van der Waals surface area (Å²) in [5, 5.41) is 8.04. The standard InChI is InChI=1S/C12H15BrCl2N2/c13-9-3-4-10(12(15)11(9)14)17-8-2-1-6-16-7-5-8/h3-4,8,16-17H,1-2,5-7H2. The Hall–Kier alpha value is 0.0400. The van der Waals surface area contributed by atoms with Crippen LogP contribution in [-0.2, 0) is 0 Å². The van der Waals surface area contributed by atoms with Crippen LogP contribution in [0, 0.1) is 0 Å². The van der Waals surface area contributed by atoms with Gasteiger partial charge in [-0.3, -0.25) is 0 Å². The van der Waals surface area contributed by atoms with E-state index < -0.39 is 0 Å². The number of hydrogen-bond donors (Lipinski definition) is 2. The summed E-state index contributed by atoms with van der Waals surface area (Å²) in [7, 11) is 0. The fraction of sp³-hybridized carbons (Fsp3) is 0.500. The third-order valence-corrected chi connectivity index (χ3v) is 4.74. The summed E-state index contributed by atoms with van der Waals surface area (Å²) in [5.74, 6) is 0. The van der Waals surface area contributed by atoms with Crippen molar-refractivity contribution in [1.29, 1.82) is 0 Å². The highest BCUT2D eigenvalue weighted by molar-refractivity contribution is 9.10. The number of halogens is 3. The highest BCUT2D eigenvalue weighted by atomic mass is 79.9. The molecular weight excluding hydrogens is 323 g/mol. The molecule has 0 aromatic heterocycles. The molecule has 0 amide bonds. The van der Waals surface area contributed by atoms with E-state index in [4.69, 9.17) is 23.2 Å². The lowest BCUT2D eigenvalue weighted by Crippen LogP contribution is -2.21. The van der Waals surface area contributed by atoms with Gasteiger partial charge in [0.15, 0.2) is 0 Å². The maximum Gasteiger partial charge on any atom is 0.0835 e. The molecule has 1 aromatic carbocycles. The molecule has 1 aliphatic rings. The van der Waals surface area contributed by atoms with E-state index in [0.29, 0.717) is 16.1 Å². The minimum absolute atomic E-state index is 0.472. The van der Waals surface area contributed by atoms with Crippen LogP contribution in [0.5, 0.6) is 0 Å². The summed E-state index contributed by atoms with van der Waals surface area (Å²) in [4.78, 5) is 0. The topological polar surface area (TPSA) is 24.1 Å². The molecule has 17 heavy (non-hydrogen) atoms. The zero-order valence-corrected chi connectivity index (χ0v) is 12.5. The Kier molecular flexibility index (Phi) is 4.97. The predicted octanol–water partition coefficient (Wildman–Crippen LogP) is 4.31. The lowest BCUT2D eigenvalue weighted by atomic mass is 10.1. The normalized spacial score (nSPS) is 21.0. The second kappa shape index (κ2) is 6.28. The number of nitrogens with one attached hydrogen (secondary N) is 2. The first-order valence-electron chi connectivity index (χ1n) is 5.79. The summed E-state index contributed by atoms with van der Waals surface area (Å²) < 4.78 is 0.831. The molecule has 0 saturated carbocycles. The van der Waals surface area contributed by atoms with Gasteiger partial charge in [-0.15, -0.1) is 0 Å². The third-order valence-electron chi connectivity index (χ3n) is 2.97. The van der Waals surface area contributed by atoms with Crippen molar-refractivity contribution in [3.8, 4) is 0 Å². The largest absolute Gasteiger partial charge is 0.381 e. The third kappa shape index (κ3) is 3.50. The second-order valence-corrected chi connectivity index (χ2v) is 5.86. The van der Waals surface area contributed by atoms with Gasteiger partial charge in [-0.1, -0.05) is 23.2 Å². The number of anilines is 1. The molecule has 0 radical (unpaired) electrons. The molecule has 1 fully saturated rings. The van der Waals surface area contributed by atoms with E-state index in [1.165, 1.54) is 6.42 Å². The SMILES string of the molecule is Clc1c(Br)ccc(NC2CCCNCC2)c1Cl. The summed E-state index contributed by atoms with van der Waals surface area (Å²) in [5.41, 5.74) is 0.923. The molecule has 5 heteroatoms. The number of benzene rings is 1. The van der Waals surface area contributed by atoms with Gasteiger partial charge in [0.05, 0.1) is 15.7 Å². The minimum Gasteiger partial charge on any atom is -0.381 e. The van der Waals surface area contributed by atoms with Crippen molar-refractivity contribution in [1.82, 2.24) is 5.32 Å². The molecule has 1 heterocycles. The highest BCUT2D eigenvalue weighted by Gasteiger charge is 2.14. The molecule has 1 aliphatic heterocycles.